The van der Waals surface area contributed by atoms with Gasteiger partial charge in [0.25, 0.3) is 5.91 Å². The first-order chi connectivity index (χ1) is 11.9. The molecule has 1 aromatic rings. The average molecular weight is 370 g/mol. The molecule has 0 saturated heterocycles. The first-order valence-corrected chi connectivity index (χ1v) is 10.8. The second-order valence-corrected chi connectivity index (χ2v) is 8.71. The van der Waals surface area contributed by atoms with Gasteiger partial charge in [0.1, 0.15) is 10.6 Å². The van der Waals surface area contributed by atoms with E-state index in [-0.39, 0.29) is 16.8 Å². The Labute approximate surface area is 151 Å². The van der Waals surface area contributed by atoms with Gasteiger partial charge in [-0.15, -0.1) is 0 Å². The number of amides is 1. The second kappa shape index (κ2) is 8.85. The zero-order valence-electron chi connectivity index (χ0n) is 15.6. The summed E-state index contributed by atoms with van der Waals surface area (Å²) in [6, 6.07) is 1.68. The monoisotopic (exact) mass is 369 g/mol. The van der Waals surface area contributed by atoms with Crippen LogP contribution in [-0.4, -0.2) is 42.3 Å². The normalized spacial score (nSPS) is 17.3. The average Bonchev–Trinajstić information content (AvgIpc) is 2.93. The van der Waals surface area contributed by atoms with Gasteiger partial charge in [0.05, 0.1) is 0 Å². The van der Waals surface area contributed by atoms with Crippen molar-refractivity contribution in [3.8, 4) is 0 Å². The maximum atomic E-state index is 12.6. The number of nitrogens with one attached hydrogen (secondary N) is 1. The van der Waals surface area contributed by atoms with Gasteiger partial charge in [0, 0.05) is 32.4 Å². The van der Waals surface area contributed by atoms with Crippen molar-refractivity contribution >= 4 is 15.9 Å². The van der Waals surface area contributed by atoms with Crippen LogP contribution in [0, 0.1) is 0 Å². The van der Waals surface area contributed by atoms with Crippen LogP contribution in [0.5, 0.6) is 0 Å². The van der Waals surface area contributed by atoms with Crippen LogP contribution in [0.3, 0.4) is 0 Å². The minimum absolute atomic E-state index is 0.182. The van der Waals surface area contributed by atoms with Crippen LogP contribution in [-0.2, 0) is 17.1 Å². The molecule has 0 radical (unpaired) electrons. The van der Waals surface area contributed by atoms with Gasteiger partial charge in [0.2, 0.25) is 10.0 Å². The number of sulfonamides is 1. The Bertz CT molecular complexity index is 670. The molecule has 0 bridgehead atoms. The van der Waals surface area contributed by atoms with Crippen molar-refractivity contribution in [3.05, 3.63) is 18.0 Å². The molecule has 1 N–H and O–H groups in total. The number of hydrogen-bond donors (Lipinski definition) is 1. The van der Waals surface area contributed by atoms with Crippen molar-refractivity contribution in [3.63, 3.8) is 0 Å². The Morgan fingerprint density at radius 1 is 1.16 bits per heavy atom. The van der Waals surface area contributed by atoms with E-state index in [1.165, 1.54) is 35.8 Å². The number of carbonyl (C=O) groups is 1. The largest absolute Gasteiger partial charge is 0.348 e. The number of hydrogen-bond acceptors (Lipinski definition) is 3. The molecule has 0 aromatic carbocycles. The summed E-state index contributed by atoms with van der Waals surface area (Å²) in [6.45, 7) is 4.45. The molecule has 1 aliphatic rings. The summed E-state index contributed by atoms with van der Waals surface area (Å²) in [6.07, 6.45) is 9.54. The van der Waals surface area contributed by atoms with Gasteiger partial charge in [0.15, 0.2) is 0 Å². The van der Waals surface area contributed by atoms with E-state index in [1.807, 2.05) is 13.8 Å². The van der Waals surface area contributed by atoms with Gasteiger partial charge < -0.3 is 9.88 Å². The van der Waals surface area contributed by atoms with Crippen molar-refractivity contribution in [1.29, 1.82) is 0 Å². The Hall–Kier alpha value is -1.34. The van der Waals surface area contributed by atoms with Crippen molar-refractivity contribution < 1.29 is 13.2 Å². The van der Waals surface area contributed by atoms with Gasteiger partial charge >= 0.3 is 0 Å². The Kier molecular flexibility index (Phi) is 7.07. The van der Waals surface area contributed by atoms with E-state index in [0.29, 0.717) is 18.8 Å². The quantitative estimate of drug-likeness (QED) is 0.838. The molecule has 1 fully saturated rings. The summed E-state index contributed by atoms with van der Waals surface area (Å²) in [5, 5.41) is 3.10. The fourth-order valence-corrected chi connectivity index (χ4v) is 5.00. The van der Waals surface area contributed by atoms with E-state index in [1.54, 1.807) is 11.6 Å². The van der Waals surface area contributed by atoms with Crippen LogP contribution in [0.15, 0.2) is 17.2 Å². The van der Waals surface area contributed by atoms with Crippen molar-refractivity contribution in [2.24, 2.45) is 7.05 Å². The van der Waals surface area contributed by atoms with Gasteiger partial charge in [-0.2, -0.15) is 4.31 Å². The summed E-state index contributed by atoms with van der Waals surface area (Å²) in [5.74, 6) is -0.186. The van der Waals surface area contributed by atoms with Gasteiger partial charge in [-0.25, -0.2) is 8.42 Å². The number of nitrogens with zero attached hydrogens (tertiary/aromatic N) is 2. The fraction of sp³-hybridized carbons (Fsp3) is 0.722. The van der Waals surface area contributed by atoms with Crippen LogP contribution < -0.4 is 5.32 Å². The Balaban J connectivity index is 2.14. The first-order valence-electron chi connectivity index (χ1n) is 9.37. The molecule has 0 aliphatic heterocycles. The molecular formula is C18H31N3O3S. The van der Waals surface area contributed by atoms with E-state index >= 15 is 0 Å². The first kappa shape index (κ1) is 20.0. The molecular weight excluding hydrogens is 338 g/mol. The summed E-state index contributed by atoms with van der Waals surface area (Å²) in [4.78, 5) is 12.8. The van der Waals surface area contributed by atoms with E-state index in [2.05, 4.69) is 5.32 Å². The third-order valence-corrected chi connectivity index (χ3v) is 7.01. The van der Waals surface area contributed by atoms with E-state index < -0.39 is 10.0 Å². The summed E-state index contributed by atoms with van der Waals surface area (Å²) in [5.41, 5.74) is 0.396. The van der Waals surface area contributed by atoms with Crippen LogP contribution in [0.2, 0.25) is 0 Å². The highest BCUT2D eigenvalue weighted by Gasteiger charge is 2.26. The number of aromatic nitrogens is 1. The van der Waals surface area contributed by atoms with Gasteiger partial charge in [-0.1, -0.05) is 46.0 Å². The van der Waals surface area contributed by atoms with E-state index in [0.717, 1.165) is 25.7 Å². The third kappa shape index (κ3) is 4.85. The second-order valence-electron chi connectivity index (χ2n) is 6.78. The molecule has 1 heterocycles. The molecule has 25 heavy (non-hydrogen) atoms. The zero-order chi connectivity index (χ0) is 18.4. The SMILES string of the molecule is CCN(CC)S(=O)(=O)c1cc(C(=O)NC2CCCCCCC2)n(C)c1. The van der Waals surface area contributed by atoms with Crippen LogP contribution in [0.4, 0.5) is 0 Å². The van der Waals surface area contributed by atoms with Crippen LogP contribution in [0.1, 0.15) is 69.3 Å². The summed E-state index contributed by atoms with van der Waals surface area (Å²) < 4.78 is 28.3. The zero-order valence-corrected chi connectivity index (χ0v) is 16.4. The highest BCUT2D eigenvalue weighted by atomic mass is 32.2. The molecule has 1 amide bonds. The molecule has 142 valence electrons. The van der Waals surface area contributed by atoms with Gasteiger partial charge in [-0.3, -0.25) is 4.79 Å². The number of carbonyl (C=O) groups excluding carboxylic acids is 1. The lowest BCUT2D eigenvalue weighted by Crippen LogP contribution is -2.36. The predicted octanol–water partition coefficient (Wildman–Crippen LogP) is 2.90. The minimum Gasteiger partial charge on any atom is -0.348 e. The summed E-state index contributed by atoms with van der Waals surface area (Å²) >= 11 is 0. The minimum atomic E-state index is -3.55. The molecule has 0 unspecified atom stereocenters. The molecule has 6 nitrogen and oxygen atoms in total. The highest BCUT2D eigenvalue weighted by molar-refractivity contribution is 7.89. The fourth-order valence-electron chi connectivity index (χ4n) is 3.47. The topological polar surface area (TPSA) is 71.4 Å². The predicted molar refractivity (Wildman–Crippen MR) is 99.1 cm³/mol. The van der Waals surface area contributed by atoms with E-state index in [4.69, 9.17) is 0 Å². The molecule has 0 atom stereocenters. The lowest BCUT2D eigenvalue weighted by Gasteiger charge is -2.21. The number of rotatable bonds is 6. The Morgan fingerprint density at radius 3 is 2.28 bits per heavy atom. The Morgan fingerprint density at radius 2 is 1.72 bits per heavy atom. The van der Waals surface area contributed by atoms with Crippen molar-refractivity contribution in [2.75, 3.05) is 13.1 Å². The summed E-state index contributed by atoms with van der Waals surface area (Å²) in [7, 11) is -1.83. The molecule has 0 spiro atoms. The highest BCUT2D eigenvalue weighted by Crippen LogP contribution is 2.20. The van der Waals surface area contributed by atoms with Crippen LogP contribution >= 0.6 is 0 Å². The van der Waals surface area contributed by atoms with Gasteiger partial charge in [-0.05, 0) is 18.9 Å². The smallest absolute Gasteiger partial charge is 0.268 e. The standard InChI is InChI=1S/C18H31N3O3S/c1-4-21(5-2)25(23,24)16-13-17(20(3)14-16)18(22)19-15-11-9-7-6-8-10-12-15/h13-15H,4-12H2,1-3H3,(H,19,22). The lowest BCUT2D eigenvalue weighted by atomic mass is 9.96. The molecule has 1 aromatic heterocycles. The number of aryl methyl sites for hydroxylation is 1. The van der Waals surface area contributed by atoms with E-state index in [9.17, 15) is 13.2 Å². The van der Waals surface area contributed by atoms with Crippen molar-refractivity contribution in [2.45, 2.75) is 69.7 Å². The maximum Gasteiger partial charge on any atom is 0.268 e. The lowest BCUT2D eigenvalue weighted by molar-refractivity contribution is 0.0922. The molecule has 7 heteroatoms. The maximum absolute atomic E-state index is 12.6. The third-order valence-electron chi connectivity index (χ3n) is 5.00. The van der Waals surface area contributed by atoms with Crippen LogP contribution in [0.25, 0.3) is 0 Å². The molecule has 1 saturated carbocycles. The molecule has 1 aliphatic carbocycles. The molecule has 2 rings (SSSR count). The van der Waals surface area contributed by atoms with Crippen molar-refractivity contribution in [1.82, 2.24) is 14.2 Å².